The molecule has 2 heteroatoms. The van der Waals surface area contributed by atoms with E-state index in [4.69, 9.17) is 4.74 Å². The zero-order valence-corrected chi connectivity index (χ0v) is 15.6. The summed E-state index contributed by atoms with van der Waals surface area (Å²) in [5.41, 5.74) is 2.91. The topological polar surface area (TPSA) is 26.3 Å². The Morgan fingerprint density at radius 2 is 1.69 bits per heavy atom. The van der Waals surface area contributed by atoms with Gasteiger partial charge in [0.05, 0.1) is 5.56 Å². The minimum Gasteiger partial charge on any atom is -0.423 e. The molecule has 2 aromatic carbocycles. The van der Waals surface area contributed by atoms with Gasteiger partial charge < -0.3 is 4.74 Å². The van der Waals surface area contributed by atoms with Gasteiger partial charge in [-0.3, -0.25) is 0 Å². The molecule has 26 heavy (non-hydrogen) atoms. The first kappa shape index (κ1) is 18.4. The Kier molecular flexibility index (Phi) is 6.27. The number of hydrogen-bond donors (Lipinski definition) is 0. The predicted molar refractivity (Wildman–Crippen MR) is 108 cm³/mol. The first-order chi connectivity index (χ1) is 12.7. The molecule has 0 spiro atoms. The third kappa shape index (κ3) is 4.63. The van der Waals surface area contributed by atoms with Gasteiger partial charge in [0.1, 0.15) is 5.75 Å². The van der Waals surface area contributed by atoms with E-state index in [1.807, 2.05) is 24.3 Å². The molecule has 3 rings (SSSR count). The van der Waals surface area contributed by atoms with Crippen LogP contribution in [-0.4, -0.2) is 5.97 Å². The van der Waals surface area contributed by atoms with Gasteiger partial charge >= 0.3 is 5.97 Å². The molecule has 136 valence electrons. The third-order valence-corrected chi connectivity index (χ3v) is 5.49. The fraction of sp³-hybridized carbons (Fsp3) is 0.375. The van der Waals surface area contributed by atoms with Gasteiger partial charge in [-0.2, -0.15) is 0 Å². The summed E-state index contributed by atoms with van der Waals surface area (Å²) >= 11 is 0. The molecule has 0 saturated heterocycles. The van der Waals surface area contributed by atoms with Crippen molar-refractivity contribution in [3.05, 3.63) is 71.8 Å². The summed E-state index contributed by atoms with van der Waals surface area (Å²) in [6, 6.07) is 15.3. The number of rotatable bonds is 6. The van der Waals surface area contributed by atoms with Crippen LogP contribution in [0.3, 0.4) is 0 Å². The monoisotopic (exact) mass is 348 g/mol. The minimum absolute atomic E-state index is 0.326. The smallest absolute Gasteiger partial charge is 0.343 e. The summed E-state index contributed by atoms with van der Waals surface area (Å²) in [5, 5.41) is 0. The minimum atomic E-state index is -0.326. The van der Waals surface area contributed by atoms with Crippen LogP contribution < -0.4 is 4.74 Å². The SMILES string of the molecule is C=Cc1ccc(C(=O)Oc2ccc(C3CCC(CCC)CC3)cc2)cc1. The normalized spacial score (nSPS) is 19.7. The molecule has 1 saturated carbocycles. The summed E-state index contributed by atoms with van der Waals surface area (Å²) in [5.74, 6) is 1.85. The van der Waals surface area contributed by atoms with Gasteiger partial charge in [-0.1, -0.05) is 56.7 Å². The molecule has 0 bridgehead atoms. The first-order valence-corrected chi connectivity index (χ1v) is 9.74. The molecule has 0 N–H and O–H groups in total. The fourth-order valence-corrected chi connectivity index (χ4v) is 3.92. The highest BCUT2D eigenvalue weighted by molar-refractivity contribution is 5.91. The lowest BCUT2D eigenvalue weighted by Gasteiger charge is -2.28. The summed E-state index contributed by atoms with van der Waals surface area (Å²) in [7, 11) is 0. The fourth-order valence-electron chi connectivity index (χ4n) is 3.92. The van der Waals surface area contributed by atoms with Crippen molar-refractivity contribution in [2.45, 2.75) is 51.4 Å². The predicted octanol–water partition coefficient (Wildman–Crippen LogP) is 6.62. The lowest BCUT2D eigenvalue weighted by molar-refractivity contribution is 0.0734. The third-order valence-electron chi connectivity index (χ3n) is 5.49. The Labute approximate surface area is 156 Å². The van der Waals surface area contributed by atoms with E-state index >= 15 is 0 Å². The Bertz CT molecular complexity index is 720. The maximum absolute atomic E-state index is 12.2. The molecule has 0 aliphatic heterocycles. The highest BCUT2D eigenvalue weighted by Crippen LogP contribution is 2.37. The van der Waals surface area contributed by atoms with Crippen molar-refractivity contribution in [2.24, 2.45) is 5.92 Å². The van der Waals surface area contributed by atoms with Gasteiger partial charge in [-0.05, 0) is 72.9 Å². The van der Waals surface area contributed by atoms with Gasteiger partial charge in [0.25, 0.3) is 0 Å². The van der Waals surface area contributed by atoms with Crippen LogP contribution in [0.4, 0.5) is 0 Å². The second-order valence-electron chi connectivity index (χ2n) is 7.29. The van der Waals surface area contributed by atoms with Gasteiger partial charge in [0.2, 0.25) is 0 Å². The van der Waals surface area contributed by atoms with Crippen LogP contribution in [0.2, 0.25) is 0 Å². The summed E-state index contributed by atoms with van der Waals surface area (Å²) in [4.78, 5) is 12.2. The number of esters is 1. The average molecular weight is 348 g/mol. The van der Waals surface area contributed by atoms with E-state index in [1.165, 1.54) is 44.1 Å². The van der Waals surface area contributed by atoms with Gasteiger partial charge in [0.15, 0.2) is 0 Å². The number of benzene rings is 2. The molecule has 2 nitrogen and oxygen atoms in total. The quantitative estimate of drug-likeness (QED) is 0.433. The van der Waals surface area contributed by atoms with Crippen LogP contribution >= 0.6 is 0 Å². The lowest BCUT2D eigenvalue weighted by Crippen LogP contribution is -2.13. The van der Waals surface area contributed by atoms with E-state index in [0.717, 1.165) is 11.5 Å². The van der Waals surface area contributed by atoms with Crippen molar-refractivity contribution < 1.29 is 9.53 Å². The molecule has 0 atom stereocenters. The molecular formula is C24H28O2. The molecular weight excluding hydrogens is 320 g/mol. The molecule has 0 heterocycles. The van der Waals surface area contributed by atoms with Crippen LogP contribution in [0.1, 0.15) is 72.9 Å². The van der Waals surface area contributed by atoms with E-state index in [0.29, 0.717) is 17.2 Å². The van der Waals surface area contributed by atoms with E-state index in [2.05, 4.69) is 25.6 Å². The molecule has 1 fully saturated rings. The van der Waals surface area contributed by atoms with Gasteiger partial charge in [-0.15, -0.1) is 0 Å². The Morgan fingerprint density at radius 1 is 1.04 bits per heavy atom. The highest BCUT2D eigenvalue weighted by Gasteiger charge is 2.21. The van der Waals surface area contributed by atoms with Crippen molar-refractivity contribution in [3.63, 3.8) is 0 Å². The molecule has 0 amide bonds. The van der Waals surface area contributed by atoms with Crippen molar-refractivity contribution in [3.8, 4) is 5.75 Å². The zero-order chi connectivity index (χ0) is 18.4. The largest absolute Gasteiger partial charge is 0.423 e. The van der Waals surface area contributed by atoms with E-state index in [9.17, 15) is 4.79 Å². The Morgan fingerprint density at radius 3 is 2.27 bits per heavy atom. The van der Waals surface area contributed by atoms with Crippen LogP contribution in [0.25, 0.3) is 6.08 Å². The molecule has 0 radical (unpaired) electrons. The van der Waals surface area contributed by atoms with Crippen LogP contribution in [0.5, 0.6) is 5.75 Å². The maximum Gasteiger partial charge on any atom is 0.343 e. The van der Waals surface area contributed by atoms with Crippen molar-refractivity contribution >= 4 is 12.0 Å². The maximum atomic E-state index is 12.2. The molecule has 1 aliphatic rings. The van der Waals surface area contributed by atoms with Gasteiger partial charge in [-0.25, -0.2) is 4.79 Å². The number of hydrogen-bond acceptors (Lipinski definition) is 2. The molecule has 1 aliphatic carbocycles. The second kappa shape index (κ2) is 8.84. The average Bonchev–Trinajstić information content (AvgIpc) is 2.69. The van der Waals surface area contributed by atoms with Gasteiger partial charge in [0, 0.05) is 0 Å². The standard InChI is InChI=1S/C24H28O2/c1-3-5-19-8-10-20(11-9-19)21-14-16-23(17-15-21)26-24(25)22-12-6-18(4-2)7-13-22/h4,6-7,12-17,19-20H,2-3,5,8-11H2,1H3. The number of carbonyl (C=O) groups excluding carboxylic acids is 1. The van der Waals surface area contributed by atoms with E-state index < -0.39 is 0 Å². The summed E-state index contributed by atoms with van der Waals surface area (Å²) in [6.07, 6.45) is 9.66. The first-order valence-electron chi connectivity index (χ1n) is 9.74. The lowest BCUT2D eigenvalue weighted by atomic mass is 9.77. The Balaban J connectivity index is 1.57. The summed E-state index contributed by atoms with van der Waals surface area (Å²) < 4.78 is 5.50. The van der Waals surface area contributed by atoms with E-state index in [-0.39, 0.29) is 5.97 Å². The summed E-state index contributed by atoms with van der Waals surface area (Å²) in [6.45, 7) is 5.99. The van der Waals surface area contributed by atoms with Crippen LogP contribution in [-0.2, 0) is 0 Å². The number of carbonyl (C=O) groups is 1. The molecule has 2 aromatic rings. The molecule has 0 unspecified atom stereocenters. The van der Waals surface area contributed by atoms with Crippen LogP contribution in [0, 0.1) is 5.92 Å². The zero-order valence-electron chi connectivity index (χ0n) is 15.6. The van der Waals surface area contributed by atoms with Crippen molar-refractivity contribution in [1.29, 1.82) is 0 Å². The van der Waals surface area contributed by atoms with E-state index in [1.54, 1.807) is 18.2 Å². The van der Waals surface area contributed by atoms with Crippen molar-refractivity contribution in [2.75, 3.05) is 0 Å². The van der Waals surface area contributed by atoms with Crippen molar-refractivity contribution in [1.82, 2.24) is 0 Å². The molecule has 0 aromatic heterocycles. The number of ether oxygens (including phenoxy) is 1. The second-order valence-corrected chi connectivity index (χ2v) is 7.29. The Hall–Kier alpha value is -2.35. The highest BCUT2D eigenvalue weighted by atomic mass is 16.5. The van der Waals surface area contributed by atoms with Crippen LogP contribution in [0.15, 0.2) is 55.1 Å².